The van der Waals surface area contributed by atoms with Gasteiger partial charge >= 0.3 is 0 Å². The lowest BCUT2D eigenvalue weighted by Crippen LogP contribution is -2.12. The van der Waals surface area contributed by atoms with Crippen molar-refractivity contribution in [3.8, 4) is 0 Å². The van der Waals surface area contributed by atoms with Crippen LogP contribution in [0.3, 0.4) is 0 Å². The number of benzene rings is 1. The van der Waals surface area contributed by atoms with Crippen LogP contribution in [0.15, 0.2) is 52.4 Å². The molecule has 0 aliphatic rings. The summed E-state index contributed by atoms with van der Waals surface area (Å²) in [7, 11) is 0. The Morgan fingerprint density at radius 2 is 1.88 bits per heavy atom. The monoisotopic (exact) mass is 263 g/mol. The summed E-state index contributed by atoms with van der Waals surface area (Å²) in [5.41, 5.74) is 5.88. The lowest BCUT2D eigenvalue weighted by molar-refractivity contribution is 1.10. The highest BCUT2D eigenvalue weighted by molar-refractivity contribution is 7.99. The van der Waals surface area contributed by atoms with Crippen molar-refractivity contribution >= 4 is 29.2 Å². The van der Waals surface area contributed by atoms with E-state index in [4.69, 9.17) is 22.7 Å². The molecule has 0 radical (unpaired) electrons. The Kier molecular flexibility index (Phi) is 3.66. The van der Waals surface area contributed by atoms with E-state index in [2.05, 4.69) is 4.98 Å². The molecule has 1 aromatic carbocycles. The van der Waals surface area contributed by atoms with Crippen molar-refractivity contribution in [2.75, 3.05) is 0 Å². The zero-order valence-electron chi connectivity index (χ0n) is 8.85. The highest BCUT2D eigenvalue weighted by Crippen LogP contribution is 2.26. The number of nitrogens with two attached hydrogens (primary N) is 1. The van der Waals surface area contributed by atoms with E-state index in [1.54, 1.807) is 6.07 Å². The molecule has 3 N–H and O–H groups in total. The minimum atomic E-state index is -0.0245. The van der Waals surface area contributed by atoms with Gasteiger partial charge in [-0.3, -0.25) is 5.41 Å². The van der Waals surface area contributed by atoms with E-state index < -0.39 is 0 Å². The van der Waals surface area contributed by atoms with Gasteiger partial charge in [0, 0.05) is 9.92 Å². The number of nitrogens with zero attached hydrogens (tertiary/aromatic N) is 1. The maximum Gasteiger partial charge on any atom is 0.141 e. The highest BCUT2D eigenvalue weighted by Gasteiger charge is 2.02. The molecule has 86 valence electrons. The van der Waals surface area contributed by atoms with Crippen molar-refractivity contribution in [2.45, 2.75) is 9.92 Å². The smallest absolute Gasteiger partial charge is 0.141 e. The molecule has 0 saturated carbocycles. The van der Waals surface area contributed by atoms with Crippen LogP contribution in [0.2, 0.25) is 5.02 Å². The maximum absolute atomic E-state index is 7.33. The fourth-order valence-electron chi connectivity index (χ4n) is 1.25. The Morgan fingerprint density at radius 1 is 1.18 bits per heavy atom. The molecule has 0 atom stereocenters. The van der Waals surface area contributed by atoms with Gasteiger partial charge in [-0.15, -0.1) is 0 Å². The van der Waals surface area contributed by atoms with Gasteiger partial charge in [0.2, 0.25) is 0 Å². The summed E-state index contributed by atoms with van der Waals surface area (Å²) >= 11 is 7.32. The van der Waals surface area contributed by atoms with E-state index in [1.165, 1.54) is 11.8 Å². The zero-order valence-corrected chi connectivity index (χ0v) is 10.4. The number of hydrogen-bond donors (Lipinski definition) is 2. The number of nitrogens with one attached hydrogen (secondary N) is 1. The molecule has 0 saturated heterocycles. The first-order chi connectivity index (χ1) is 8.15. The van der Waals surface area contributed by atoms with E-state index in [-0.39, 0.29) is 5.84 Å². The molecule has 0 unspecified atom stereocenters. The van der Waals surface area contributed by atoms with Gasteiger partial charge in [-0.2, -0.15) is 0 Å². The molecule has 0 spiro atoms. The van der Waals surface area contributed by atoms with Gasteiger partial charge in [0.15, 0.2) is 0 Å². The Morgan fingerprint density at radius 3 is 2.53 bits per heavy atom. The molecule has 0 amide bonds. The van der Waals surface area contributed by atoms with Gasteiger partial charge < -0.3 is 5.73 Å². The minimum Gasteiger partial charge on any atom is -0.382 e. The van der Waals surface area contributed by atoms with Crippen molar-refractivity contribution < 1.29 is 0 Å². The summed E-state index contributed by atoms with van der Waals surface area (Å²) in [6.45, 7) is 0. The number of hydrogen-bond acceptors (Lipinski definition) is 3. The predicted molar refractivity (Wildman–Crippen MR) is 70.8 cm³/mol. The minimum absolute atomic E-state index is 0.0245. The Balaban J connectivity index is 2.21. The second kappa shape index (κ2) is 5.21. The van der Waals surface area contributed by atoms with Gasteiger partial charge in [-0.25, -0.2) is 4.98 Å². The van der Waals surface area contributed by atoms with E-state index in [0.717, 1.165) is 9.92 Å². The van der Waals surface area contributed by atoms with Crippen LogP contribution in [0, 0.1) is 5.41 Å². The van der Waals surface area contributed by atoms with Crippen LogP contribution in [-0.4, -0.2) is 10.8 Å². The third-order valence-electron chi connectivity index (χ3n) is 2.04. The number of pyridine rings is 1. The van der Waals surface area contributed by atoms with Crippen LogP contribution in [0.5, 0.6) is 0 Å². The van der Waals surface area contributed by atoms with E-state index >= 15 is 0 Å². The lowest BCUT2D eigenvalue weighted by Gasteiger charge is -2.03. The molecule has 17 heavy (non-hydrogen) atoms. The molecule has 5 heteroatoms. The van der Waals surface area contributed by atoms with E-state index in [9.17, 15) is 0 Å². The fourth-order valence-corrected chi connectivity index (χ4v) is 2.18. The van der Waals surface area contributed by atoms with Crippen molar-refractivity contribution in [3.05, 3.63) is 53.2 Å². The number of nitrogen functional groups attached to an aromatic ring is 1. The average molecular weight is 264 g/mol. The number of halogens is 1. The van der Waals surface area contributed by atoms with Crippen molar-refractivity contribution in [1.29, 1.82) is 5.41 Å². The molecule has 0 aliphatic carbocycles. The Bertz CT molecular complexity index is 540. The largest absolute Gasteiger partial charge is 0.382 e. The van der Waals surface area contributed by atoms with Crippen LogP contribution in [0.25, 0.3) is 0 Å². The first-order valence-electron chi connectivity index (χ1n) is 4.90. The predicted octanol–water partition coefficient (Wildman–Crippen LogP) is 3.17. The summed E-state index contributed by atoms with van der Waals surface area (Å²) in [5, 5.41) is 8.84. The summed E-state index contributed by atoms with van der Waals surface area (Å²) < 4.78 is 0. The summed E-state index contributed by atoms with van der Waals surface area (Å²) in [6, 6.07) is 12.9. The van der Waals surface area contributed by atoms with Crippen molar-refractivity contribution in [1.82, 2.24) is 4.98 Å². The maximum atomic E-state index is 7.33. The Hall–Kier alpha value is -1.52. The van der Waals surface area contributed by atoms with Gasteiger partial charge in [0.25, 0.3) is 0 Å². The topological polar surface area (TPSA) is 62.8 Å². The van der Waals surface area contributed by atoms with Crippen molar-refractivity contribution in [3.63, 3.8) is 0 Å². The molecule has 0 aliphatic heterocycles. The SMILES string of the molecule is N=C(N)c1cccc(Sc2ccc(Cl)cc2)n1. The third-order valence-corrected chi connectivity index (χ3v) is 3.23. The van der Waals surface area contributed by atoms with Gasteiger partial charge in [-0.05, 0) is 36.4 Å². The molecule has 0 fully saturated rings. The zero-order chi connectivity index (χ0) is 12.3. The standard InChI is InChI=1S/C12H10ClN3S/c13-8-4-6-9(7-5-8)17-11-3-1-2-10(16-11)12(14)15/h1-7H,(H3,14,15). The molecule has 1 heterocycles. The molecular formula is C12H10ClN3S. The molecule has 2 rings (SSSR count). The highest BCUT2D eigenvalue weighted by atomic mass is 35.5. The molecule has 2 aromatic rings. The van der Waals surface area contributed by atoms with E-state index in [1.807, 2.05) is 36.4 Å². The molecular weight excluding hydrogens is 254 g/mol. The van der Waals surface area contributed by atoms with Crippen LogP contribution in [0.4, 0.5) is 0 Å². The molecule has 1 aromatic heterocycles. The quantitative estimate of drug-likeness (QED) is 0.660. The second-order valence-electron chi connectivity index (χ2n) is 3.33. The van der Waals surface area contributed by atoms with Gasteiger partial charge in [-0.1, -0.05) is 29.4 Å². The van der Waals surface area contributed by atoms with Crippen LogP contribution < -0.4 is 5.73 Å². The summed E-state index contributed by atoms with van der Waals surface area (Å²) in [6.07, 6.45) is 0. The molecule has 0 bridgehead atoms. The average Bonchev–Trinajstić information content (AvgIpc) is 2.32. The van der Waals surface area contributed by atoms with Gasteiger partial charge in [0.1, 0.15) is 16.6 Å². The lowest BCUT2D eigenvalue weighted by atomic mass is 10.3. The molecule has 3 nitrogen and oxygen atoms in total. The number of aromatic nitrogens is 1. The van der Waals surface area contributed by atoms with Crippen molar-refractivity contribution in [2.24, 2.45) is 5.73 Å². The number of rotatable bonds is 3. The van der Waals surface area contributed by atoms with Crippen LogP contribution >= 0.6 is 23.4 Å². The summed E-state index contributed by atoms with van der Waals surface area (Å²) in [5.74, 6) is -0.0245. The fraction of sp³-hybridized carbons (Fsp3) is 0. The van der Waals surface area contributed by atoms with E-state index in [0.29, 0.717) is 10.7 Å². The second-order valence-corrected chi connectivity index (χ2v) is 4.86. The Labute approximate surface area is 109 Å². The first kappa shape index (κ1) is 12.0. The van der Waals surface area contributed by atoms with Gasteiger partial charge in [0.05, 0.1) is 0 Å². The summed E-state index contributed by atoms with van der Waals surface area (Å²) in [4.78, 5) is 5.31. The first-order valence-corrected chi connectivity index (χ1v) is 6.09. The third kappa shape index (κ3) is 3.22. The normalized spacial score (nSPS) is 10.2. The number of amidine groups is 1. The van der Waals surface area contributed by atoms with Crippen LogP contribution in [0.1, 0.15) is 5.69 Å². The van der Waals surface area contributed by atoms with Crippen LogP contribution in [-0.2, 0) is 0 Å².